The fourth-order valence-electron chi connectivity index (χ4n) is 2.35. The van der Waals surface area contributed by atoms with Crippen molar-refractivity contribution in [2.75, 3.05) is 0 Å². The Morgan fingerprint density at radius 2 is 2.05 bits per heavy atom. The van der Waals surface area contributed by atoms with Crippen LogP contribution < -0.4 is 5.73 Å². The second-order valence-electron chi connectivity index (χ2n) is 4.69. The van der Waals surface area contributed by atoms with E-state index in [2.05, 4.69) is 26.0 Å². The maximum absolute atomic E-state index is 6.20. The molecule has 3 aromatic rings. The molecule has 2 atom stereocenters. The first-order valence-electron chi connectivity index (χ1n) is 6.50. The highest BCUT2D eigenvalue weighted by atomic mass is 32.1. The lowest BCUT2D eigenvalue weighted by Gasteiger charge is -2.23. The first kappa shape index (κ1) is 13.0. The lowest BCUT2D eigenvalue weighted by Crippen LogP contribution is -2.31. The number of rotatable bonds is 4. The summed E-state index contributed by atoms with van der Waals surface area (Å²) in [5, 5.41) is 2.05. The smallest absolute Gasteiger partial charge is 0.150 e. The minimum atomic E-state index is -0.0576. The molecule has 3 rings (SSSR count). The van der Waals surface area contributed by atoms with Gasteiger partial charge in [-0.3, -0.25) is 4.98 Å². The minimum Gasteiger partial charge on any atom is -0.326 e. The van der Waals surface area contributed by atoms with Gasteiger partial charge in [-0.05, 0) is 30.5 Å². The van der Waals surface area contributed by atoms with E-state index in [1.165, 1.54) is 0 Å². The summed E-state index contributed by atoms with van der Waals surface area (Å²) in [5.74, 6) is 0.938. The third kappa shape index (κ3) is 2.37. The van der Waals surface area contributed by atoms with Crippen LogP contribution in [-0.4, -0.2) is 20.6 Å². The van der Waals surface area contributed by atoms with Crippen LogP contribution in [0.2, 0.25) is 0 Å². The normalized spacial score (nSPS) is 14.1. The van der Waals surface area contributed by atoms with Gasteiger partial charge in [-0.1, -0.05) is 12.1 Å². The van der Waals surface area contributed by atoms with Crippen molar-refractivity contribution >= 4 is 11.3 Å². The molecule has 3 heterocycles. The molecule has 5 heteroatoms. The van der Waals surface area contributed by atoms with Crippen LogP contribution in [0.1, 0.15) is 18.7 Å². The van der Waals surface area contributed by atoms with E-state index in [0.29, 0.717) is 0 Å². The summed E-state index contributed by atoms with van der Waals surface area (Å²) >= 11 is 1.67. The van der Waals surface area contributed by atoms with Gasteiger partial charge in [0.1, 0.15) is 0 Å². The molecule has 0 radical (unpaired) electrons. The molecule has 102 valence electrons. The van der Waals surface area contributed by atoms with Gasteiger partial charge in [0.25, 0.3) is 0 Å². The van der Waals surface area contributed by atoms with Crippen LogP contribution in [0.5, 0.6) is 0 Å². The predicted octanol–water partition coefficient (Wildman–Crippen LogP) is 2.94. The summed E-state index contributed by atoms with van der Waals surface area (Å²) in [6.07, 6.45) is 5.58. The van der Waals surface area contributed by atoms with Gasteiger partial charge >= 0.3 is 0 Å². The number of imidazole rings is 1. The molecule has 20 heavy (non-hydrogen) atoms. The number of nitrogens with two attached hydrogens (primary N) is 1. The zero-order valence-corrected chi connectivity index (χ0v) is 12.0. The van der Waals surface area contributed by atoms with Crippen molar-refractivity contribution in [1.29, 1.82) is 0 Å². The van der Waals surface area contributed by atoms with Crippen LogP contribution >= 0.6 is 11.3 Å². The molecule has 0 fully saturated rings. The van der Waals surface area contributed by atoms with Gasteiger partial charge in [-0.15, -0.1) is 11.3 Å². The fraction of sp³-hybridized carbons (Fsp3) is 0.200. The van der Waals surface area contributed by atoms with E-state index in [-0.39, 0.29) is 12.1 Å². The van der Waals surface area contributed by atoms with Crippen LogP contribution in [0.3, 0.4) is 0 Å². The summed E-state index contributed by atoms with van der Waals surface area (Å²) < 4.78 is 2.11. The van der Waals surface area contributed by atoms with Crippen LogP contribution in [0.4, 0.5) is 0 Å². The first-order chi connectivity index (χ1) is 9.77. The predicted molar refractivity (Wildman–Crippen MR) is 81.6 cm³/mol. The second kappa shape index (κ2) is 5.56. The van der Waals surface area contributed by atoms with Crippen LogP contribution in [0.15, 0.2) is 54.3 Å². The summed E-state index contributed by atoms with van der Waals surface area (Å²) in [5.41, 5.74) is 7.15. The Labute approximate surface area is 121 Å². The SMILES string of the molecule is CC(N)C(c1ccccn1)n1ccnc1-c1cccs1. The number of pyridine rings is 1. The van der Waals surface area contributed by atoms with Gasteiger partial charge in [-0.25, -0.2) is 4.98 Å². The van der Waals surface area contributed by atoms with Crippen LogP contribution in [-0.2, 0) is 0 Å². The van der Waals surface area contributed by atoms with E-state index >= 15 is 0 Å². The van der Waals surface area contributed by atoms with E-state index in [9.17, 15) is 0 Å². The molecule has 2 N–H and O–H groups in total. The van der Waals surface area contributed by atoms with Gasteiger partial charge < -0.3 is 10.3 Å². The number of aromatic nitrogens is 3. The lowest BCUT2D eigenvalue weighted by molar-refractivity contribution is 0.489. The van der Waals surface area contributed by atoms with E-state index in [4.69, 9.17) is 5.73 Å². The Balaban J connectivity index is 2.08. The Morgan fingerprint density at radius 1 is 1.15 bits per heavy atom. The molecule has 2 unspecified atom stereocenters. The highest BCUT2D eigenvalue weighted by Gasteiger charge is 2.22. The third-order valence-corrected chi connectivity index (χ3v) is 4.06. The highest BCUT2D eigenvalue weighted by Crippen LogP contribution is 2.29. The molecule has 0 bridgehead atoms. The molecule has 0 aromatic carbocycles. The molecule has 0 saturated heterocycles. The molecule has 4 nitrogen and oxygen atoms in total. The molecule has 0 amide bonds. The van der Waals surface area contributed by atoms with Gasteiger partial charge in [-0.2, -0.15) is 0 Å². The zero-order valence-electron chi connectivity index (χ0n) is 11.2. The average molecular weight is 284 g/mol. The van der Waals surface area contributed by atoms with E-state index in [0.717, 1.165) is 16.4 Å². The van der Waals surface area contributed by atoms with Gasteiger partial charge in [0.15, 0.2) is 5.82 Å². The molecule has 0 aliphatic carbocycles. The van der Waals surface area contributed by atoms with E-state index < -0.39 is 0 Å². The quantitative estimate of drug-likeness (QED) is 0.801. The van der Waals surface area contributed by atoms with Crippen molar-refractivity contribution in [3.63, 3.8) is 0 Å². The Kier molecular flexibility index (Phi) is 3.62. The van der Waals surface area contributed by atoms with Crippen LogP contribution in [0.25, 0.3) is 10.7 Å². The zero-order chi connectivity index (χ0) is 13.9. The number of hydrogen-bond donors (Lipinski definition) is 1. The number of nitrogens with zero attached hydrogens (tertiary/aromatic N) is 3. The van der Waals surface area contributed by atoms with Crippen molar-refractivity contribution in [3.8, 4) is 10.7 Å². The monoisotopic (exact) mass is 284 g/mol. The van der Waals surface area contributed by atoms with Gasteiger partial charge in [0, 0.05) is 24.6 Å². The largest absolute Gasteiger partial charge is 0.326 e. The molecular weight excluding hydrogens is 268 g/mol. The highest BCUT2D eigenvalue weighted by molar-refractivity contribution is 7.13. The summed E-state index contributed by atoms with van der Waals surface area (Å²) in [6.45, 7) is 2.00. The molecule has 0 spiro atoms. The lowest BCUT2D eigenvalue weighted by atomic mass is 10.1. The van der Waals surface area contributed by atoms with Crippen molar-refractivity contribution in [3.05, 3.63) is 60.0 Å². The van der Waals surface area contributed by atoms with Gasteiger partial charge in [0.2, 0.25) is 0 Å². The standard InChI is InChI=1S/C15H16N4S/c1-11(16)14(12-5-2-3-7-17-12)19-9-8-18-15(19)13-6-4-10-20-13/h2-11,14H,16H2,1H3. The maximum atomic E-state index is 6.20. The molecule has 0 aliphatic rings. The molecule has 0 aliphatic heterocycles. The number of hydrogen-bond acceptors (Lipinski definition) is 4. The van der Waals surface area contributed by atoms with Crippen LogP contribution in [0, 0.1) is 0 Å². The Hall–Kier alpha value is -1.98. The fourth-order valence-corrected chi connectivity index (χ4v) is 3.07. The van der Waals surface area contributed by atoms with Crippen molar-refractivity contribution in [1.82, 2.24) is 14.5 Å². The minimum absolute atomic E-state index is 0.0178. The first-order valence-corrected chi connectivity index (χ1v) is 7.38. The summed E-state index contributed by atoms with van der Waals surface area (Å²) in [7, 11) is 0. The van der Waals surface area contributed by atoms with E-state index in [1.807, 2.05) is 43.6 Å². The van der Waals surface area contributed by atoms with Gasteiger partial charge in [0.05, 0.1) is 16.6 Å². The van der Waals surface area contributed by atoms with E-state index in [1.54, 1.807) is 17.5 Å². The van der Waals surface area contributed by atoms with Crippen molar-refractivity contribution in [2.45, 2.75) is 19.0 Å². The Bertz CT molecular complexity index is 658. The molecule has 3 aromatic heterocycles. The van der Waals surface area contributed by atoms with Crippen molar-refractivity contribution < 1.29 is 0 Å². The topological polar surface area (TPSA) is 56.7 Å². The second-order valence-corrected chi connectivity index (χ2v) is 5.64. The van der Waals surface area contributed by atoms with Crippen molar-refractivity contribution in [2.24, 2.45) is 5.73 Å². The average Bonchev–Trinajstić information content (AvgIpc) is 3.09. The summed E-state index contributed by atoms with van der Waals surface area (Å²) in [4.78, 5) is 10.1. The molecule has 0 saturated carbocycles. The molecular formula is C15H16N4S. The number of thiophene rings is 1. The third-order valence-electron chi connectivity index (χ3n) is 3.20. The summed E-state index contributed by atoms with van der Waals surface area (Å²) in [6, 6.07) is 9.93. The Morgan fingerprint density at radius 3 is 2.70 bits per heavy atom. The maximum Gasteiger partial charge on any atom is 0.150 e.